The van der Waals surface area contributed by atoms with Crippen LogP contribution in [-0.2, 0) is 9.78 Å². The fourth-order valence-corrected chi connectivity index (χ4v) is 1.34. The molecule has 0 rings (SSSR count). The normalized spacial score (nSPS) is 15.5. The Bertz CT molecular complexity index is 236. The molecular formula is C14H28O3. The van der Waals surface area contributed by atoms with Crippen LogP contribution in [0.2, 0.25) is 0 Å². The van der Waals surface area contributed by atoms with Crippen molar-refractivity contribution in [1.82, 2.24) is 0 Å². The van der Waals surface area contributed by atoms with E-state index in [0.29, 0.717) is 6.42 Å². The number of hydrogen-bond donors (Lipinski definition) is 1. The van der Waals surface area contributed by atoms with Gasteiger partial charge in [-0.05, 0) is 54.4 Å². The minimum atomic E-state index is -0.423. The van der Waals surface area contributed by atoms with Crippen LogP contribution < -0.4 is 0 Å². The molecule has 0 bridgehead atoms. The standard InChI is InChI=1S/C14H28O3/c1-12(2)8-7-9-14(6,10-11-15)17-16-13(3,4)5/h8,15H,7,9-11H2,1-6H3. The van der Waals surface area contributed by atoms with E-state index >= 15 is 0 Å². The molecule has 0 spiro atoms. The summed E-state index contributed by atoms with van der Waals surface area (Å²) in [6, 6.07) is 0. The number of rotatable bonds is 7. The molecule has 17 heavy (non-hydrogen) atoms. The highest BCUT2D eigenvalue weighted by Gasteiger charge is 2.27. The summed E-state index contributed by atoms with van der Waals surface area (Å²) in [7, 11) is 0. The van der Waals surface area contributed by atoms with Crippen molar-refractivity contribution in [3.05, 3.63) is 11.6 Å². The summed E-state index contributed by atoms with van der Waals surface area (Å²) >= 11 is 0. The lowest BCUT2D eigenvalue weighted by Crippen LogP contribution is -2.34. The molecule has 0 aromatic rings. The molecule has 0 aliphatic rings. The van der Waals surface area contributed by atoms with Crippen molar-refractivity contribution in [2.75, 3.05) is 6.61 Å². The second kappa shape index (κ2) is 7.14. The van der Waals surface area contributed by atoms with Gasteiger partial charge in [0.25, 0.3) is 0 Å². The van der Waals surface area contributed by atoms with Crippen molar-refractivity contribution in [3.8, 4) is 0 Å². The zero-order valence-corrected chi connectivity index (χ0v) is 12.2. The van der Waals surface area contributed by atoms with Crippen LogP contribution in [-0.4, -0.2) is 22.9 Å². The van der Waals surface area contributed by atoms with Crippen LogP contribution in [0.25, 0.3) is 0 Å². The first-order valence-corrected chi connectivity index (χ1v) is 6.30. The summed E-state index contributed by atoms with van der Waals surface area (Å²) in [4.78, 5) is 10.9. The van der Waals surface area contributed by atoms with E-state index in [1.807, 2.05) is 27.7 Å². The van der Waals surface area contributed by atoms with Gasteiger partial charge >= 0.3 is 0 Å². The van der Waals surface area contributed by atoms with Crippen LogP contribution in [0.1, 0.15) is 60.8 Å². The molecule has 1 unspecified atom stereocenters. The Labute approximate surface area is 106 Å². The topological polar surface area (TPSA) is 38.7 Å². The molecule has 0 aliphatic carbocycles. The van der Waals surface area contributed by atoms with Crippen molar-refractivity contribution < 1.29 is 14.9 Å². The second-order valence-corrected chi connectivity index (χ2v) is 6.02. The van der Waals surface area contributed by atoms with E-state index in [2.05, 4.69) is 19.9 Å². The molecule has 0 aromatic heterocycles. The van der Waals surface area contributed by atoms with Crippen molar-refractivity contribution >= 4 is 0 Å². The van der Waals surface area contributed by atoms with Gasteiger partial charge in [-0.15, -0.1) is 0 Å². The van der Waals surface area contributed by atoms with Gasteiger partial charge in [0.2, 0.25) is 0 Å². The molecule has 0 saturated carbocycles. The average molecular weight is 244 g/mol. The Balaban J connectivity index is 4.30. The van der Waals surface area contributed by atoms with Gasteiger partial charge < -0.3 is 5.11 Å². The molecule has 0 fully saturated rings. The van der Waals surface area contributed by atoms with Gasteiger partial charge in [-0.3, -0.25) is 0 Å². The maximum absolute atomic E-state index is 9.09. The van der Waals surface area contributed by atoms with E-state index in [0.717, 1.165) is 12.8 Å². The van der Waals surface area contributed by atoms with Gasteiger partial charge in [0.05, 0.1) is 5.60 Å². The van der Waals surface area contributed by atoms with E-state index in [1.165, 1.54) is 5.57 Å². The first-order chi connectivity index (χ1) is 7.68. The largest absolute Gasteiger partial charge is 0.396 e. The SMILES string of the molecule is CC(C)=CCCC(C)(CCO)OOC(C)(C)C. The molecular weight excluding hydrogens is 216 g/mol. The summed E-state index contributed by atoms with van der Waals surface area (Å²) in [6.45, 7) is 12.1. The second-order valence-electron chi connectivity index (χ2n) is 6.02. The number of aliphatic hydroxyl groups is 1. The third-order valence-electron chi connectivity index (χ3n) is 2.36. The molecule has 0 saturated heterocycles. The molecule has 1 atom stereocenters. The fraction of sp³-hybridized carbons (Fsp3) is 0.857. The Hall–Kier alpha value is -0.380. The molecule has 1 N–H and O–H groups in total. The molecule has 0 heterocycles. The maximum Gasteiger partial charge on any atom is 0.103 e. The lowest BCUT2D eigenvalue weighted by Gasteiger charge is -2.31. The van der Waals surface area contributed by atoms with E-state index in [9.17, 15) is 0 Å². The highest BCUT2D eigenvalue weighted by Crippen LogP contribution is 2.25. The number of aliphatic hydroxyl groups excluding tert-OH is 1. The summed E-state index contributed by atoms with van der Waals surface area (Å²) in [5.41, 5.74) is 0.550. The Morgan fingerprint density at radius 3 is 2.06 bits per heavy atom. The summed E-state index contributed by atoms with van der Waals surface area (Å²) in [5.74, 6) is 0. The third-order valence-corrected chi connectivity index (χ3v) is 2.36. The Morgan fingerprint density at radius 1 is 1.06 bits per heavy atom. The van der Waals surface area contributed by atoms with Crippen LogP contribution in [0.15, 0.2) is 11.6 Å². The minimum Gasteiger partial charge on any atom is -0.396 e. The molecule has 102 valence electrons. The number of allylic oxidation sites excluding steroid dienone is 2. The first-order valence-electron chi connectivity index (χ1n) is 6.30. The predicted octanol–water partition coefficient (Wildman–Crippen LogP) is 3.62. The van der Waals surface area contributed by atoms with Gasteiger partial charge in [0, 0.05) is 13.0 Å². The van der Waals surface area contributed by atoms with Crippen LogP contribution in [0.3, 0.4) is 0 Å². The smallest absolute Gasteiger partial charge is 0.103 e. The Kier molecular flexibility index (Phi) is 6.98. The van der Waals surface area contributed by atoms with Crippen molar-refractivity contribution in [2.24, 2.45) is 0 Å². The lowest BCUT2D eigenvalue weighted by atomic mass is 9.96. The van der Waals surface area contributed by atoms with Crippen molar-refractivity contribution in [1.29, 1.82) is 0 Å². The highest BCUT2D eigenvalue weighted by molar-refractivity contribution is 4.94. The monoisotopic (exact) mass is 244 g/mol. The predicted molar refractivity (Wildman–Crippen MR) is 70.7 cm³/mol. The summed E-state index contributed by atoms with van der Waals surface area (Å²) in [5, 5.41) is 9.09. The minimum absolute atomic E-state index is 0.110. The van der Waals surface area contributed by atoms with E-state index in [4.69, 9.17) is 14.9 Å². The van der Waals surface area contributed by atoms with Crippen molar-refractivity contribution in [2.45, 2.75) is 72.0 Å². The highest BCUT2D eigenvalue weighted by atomic mass is 17.2. The zero-order valence-electron chi connectivity index (χ0n) is 12.2. The third kappa shape index (κ3) is 9.33. The first kappa shape index (κ1) is 16.6. The van der Waals surface area contributed by atoms with Crippen LogP contribution in [0.5, 0.6) is 0 Å². The summed E-state index contributed by atoms with van der Waals surface area (Å²) in [6.07, 6.45) is 4.54. The lowest BCUT2D eigenvalue weighted by molar-refractivity contribution is -0.403. The maximum atomic E-state index is 9.09. The van der Waals surface area contributed by atoms with Crippen LogP contribution >= 0.6 is 0 Å². The summed E-state index contributed by atoms with van der Waals surface area (Å²) < 4.78 is 0. The van der Waals surface area contributed by atoms with Gasteiger partial charge in [0.15, 0.2) is 0 Å². The zero-order chi connectivity index (χ0) is 13.5. The number of hydrogen-bond acceptors (Lipinski definition) is 3. The van der Waals surface area contributed by atoms with E-state index in [1.54, 1.807) is 0 Å². The van der Waals surface area contributed by atoms with E-state index in [-0.39, 0.29) is 12.2 Å². The van der Waals surface area contributed by atoms with Gasteiger partial charge in [-0.25, -0.2) is 9.78 Å². The van der Waals surface area contributed by atoms with Gasteiger partial charge in [0.1, 0.15) is 5.60 Å². The molecule has 0 aromatic carbocycles. The van der Waals surface area contributed by atoms with Crippen LogP contribution in [0.4, 0.5) is 0 Å². The van der Waals surface area contributed by atoms with E-state index < -0.39 is 5.60 Å². The molecule has 0 amide bonds. The Morgan fingerprint density at radius 2 is 1.65 bits per heavy atom. The fourth-order valence-electron chi connectivity index (χ4n) is 1.34. The van der Waals surface area contributed by atoms with Crippen LogP contribution in [0, 0.1) is 0 Å². The molecule has 3 nitrogen and oxygen atoms in total. The average Bonchev–Trinajstić information content (AvgIpc) is 2.14. The quantitative estimate of drug-likeness (QED) is 0.422. The molecule has 0 aliphatic heterocycles. The van der Waals surface area contributed by atoms with Crippen molar-refractivity contribution in [3.63, 3.8) is 0 Å². The molecule has 3 heteroatoms. The van der Waals surface area contributed by atoms with Gasteiger partial charge in [-0.1, -0.05) is 11.6 Å². The van der Waals surface area contributed by atoms with Gasteiger partial charge in [-0.2, -0.15) is 0 Å². The molecule has 0 radical (unpaired) electrons.